The van der Waals surface area contributed by atoms with Crippen molar-refractivity contribution in [3.05, 3.63) is 83.6 Å². The predicted octanol–water partition coefficient (Wildman–Crippen LogP) is 5.47. The molecule has 156 valence electrons. The summed E-state index contributed by atoms with van der Waals surface area (Å²) < 4.78 is 38.1. The number of nitrogens with zero attached hydrogens (tertiary/aromatic N) is 3. The summed E-state index contributed by atoms with van der Waals surface area (Å²) in [6, 6.07) is 14.2. The Labute approximate surface area is 179 Å². The van der Waals surface area contributed by atoms with Crippen LogP contribution in [-0.2, 0) is 17.4 Å². The van der Waals surface area contributed by atoms with E-state index in [0.29, 0.717) is 27.8 Å². The molecule has 0 aliphatic rings. The lowest BCUT2D eigenvalue weighted by molar-refractivity contribution is -0.137. The highest BCUT2D eigenvalue weighted by molar-refractivity contribution is 7.13. The largest absolute Gasteiger partial charge is 0.416 e. The van der Waals surface area contributed by atoms with Crippen molar-refractivity contribution < 1.29 is 18.0 Å². The van der Waals surface area contributed by atoms with E-state index in [1.807, 2.05) is 30.3 Å². The number of thiazole rings is 1. The van der Waals surface area contributed by atoms with Gasteiger partial charge in [-0.2, -0.15) is 13.2 Å². The average molecular weight is 440 g/mol. The molecule has 0 aliphatic heterocycles. The molecule has 4 rings (SSSR count). The number of benzene rings is 2. The van der Waals surface area contributed by atoms with E-state index in [1.165, 1.54) is 35.9 Å². The van der Waals surface area contributed by atoms with Crippen molar-refractivity contribution in [2.45, 2.75) is 12.6 Å². The molecule has 0 unspecified atom stereocenters. The molecule has 2 aromatic heterocycles. The minimum Gasteiger partial charge on any atom is -0.323 e. The van der Waals surface area contributed by atoms with Gasteiger partial charge in [0.25, 0.3) is 0 Å². The highest BCUT2D eigenvalue weighted by atomic mass is 32.1. The molecule has 2 aromatic carbocycles. The van der Waals surface area contributed by atoms with Crippen molar-refractivity contribution in [3.63, 3.8) is 0 Å². The molecule has 0 bridgehead atoms. The zero-order valence-corrected chi connectivity index (χ0v) is 16.7. The van der Waals surface area contributed by atoms with Crippen molar-refractivity contribution in [2.24, 2.45) is 0 Å². The normalized spacial score (nSPS) is 11.3. The van der Waals surface area contributed by atoms with Gasteiger partial charge in [-0.1, -0.05) is 42.5 Å². The van der Waals surface area contributed by atoms with E-state index in [-0.39, 0.29) is 12.3 Å². The monoisotopic (exact) mass is 440 g/mol. The van der Waals surface area contributed by atoms with Crippen LogP contribution >= 0.6 is 11.3 Å². The van der Waals surface area contributed by atoms with Gasteiger partial charge in [0.1, 0.15) is 5.01 Å². The quantitative estimate of drug-likeness (QED) is 0.447. The number of rotatable bonds is 5. The van der Waals surface area contributed by atoms with E-state index >= 15 is 0 Å². The number of hydrogen-bond acceptors (Lipinski definition) is 5. The number of anilines is 1. The number of carbonyl (C=O) groups is 1. The molecule has 0 spiro atoms. The van der Waals surface area contributed by atoms with Gasteiger partial charge in [0.15, 0.2) is 5.82 Å². The maximum absolute atomic E-state index is 12.7. The molecule has 0 radical (unpaired) electrons. The van der Waals surface area contributed by atoms with Crippen LogP contribution in [0.1, 0.15) is 11.3 Å². The molecular weight excluding hydrogens is 425 g/mol. The number of amides is 1. The standard InChI is InChI=1S/C22H15F3N4OS/c23-22(24,25)16-8-6-15(7-9-16)21-29-17(13-31-21)10-19(30)28-18-11-26-20(27-12-18)14-4-2-1-3-5-14/h1-9,11-13H,10H2,(H,28,30). The summed E-state index contributed by atoms with van der Waals surface area (Å²) >= 11 is 1.27. The second kappa shape index (κ2) is 8.65. The van der Waals surface area contributed by atoms with Crippen molar-refractivity contribution in [2.75, 3.05) is 5.32 Å². The first-order valence-electron chi connectivity index (χ1n) is 9.18. The zero-order valence-electron chi connectivity index (χ0n) is 15.9. The molecule has 5 nitrogen and oxygen atoms in total. The highest BCUT2D eigenvalue weighted by Gasteiger charge is 2.30. The lowest BCUT2D eigenvalue weighted by atomic mass is 10.1. The first-order chi connectivity index (χ1) is 14.9. The van der Waals surface area contributed by atoms with Gasteiger partial charge in [-0.05, 0) is 12.1 Å². The van der Waals surface area contributed by atoms with Crippen LogP contribution in [0, 0.1) is 0 Å². The third-order valence-corrected chi connectivity index (χ3v) is 5.26. The van der Waals surface area contributed by atoms with Crippen LogP contribution in [0.3, 0.4) is 0 Å². The fraction of sp³-hybridized carbons (Fsp3) is 0.0909. The van der Waals surface area contributed by atoms with Crippen LogP contribution in [0.2, 0.25) is 0 Å². The molecule has 31 heavy (non-hydrogen) atoms. The van der Waals surface area contributed by atoms with Crippen molar-refractivity contribution in [1.82, 2.24) is 15.0 Å². The topological polar surface area (TPSA) is 67.8 Å². The first-order valence-corrected chi connectivity index (χ1v) is 10.1. The number of aromatic nitrogens is 3. The highest BCUT2D eigenvalue weighted by Crippen LogP contribution is 2.31. The average Bonchev–Trinajstić information content (AvgIpc) is 3.23. The van der Waals surface area contributed by atoms with Crippen molar-refractivity contribution >= 4 is 22.9 Å². The van der Waals surface area contributed by atoms with E-state index < -0.39 is 11.7 Å². The molecule has 1 amide bonds. The van der Waals surface area contributed by atoms with Crippen LogP contribution in [0.4, 0.5) is 18.9 Å². The fourth-order valence-corrected chi connectivity index (χ4v) is 3.65. The van der Waals surface area contributed by atoms with Gasteiger partial charge in [-0.3, -0.25) is 4.79 Å². The number of halogens is 3. The predicted molar refractivity (Wildman–Crippen MR) is 112 cm³/mol. The maximum Gasteiger partial charge on any atom is 0.416 e. The van der Waals surface area contributed by atoms with Gasteiger partial charge in [-0.25, -0.2) is 15.0 Å². The molecule has 0 saturated carbocycles. The van der Waals surface area contributed by atoms with Gasteiger partial charge in [0.05, 0.1) is 35.8 Å². The summed E-state index contributed by atoms with van der Waals surface area (Å²) in [4.78, 5) is 25.2. The van der Waals surface area contributed by atoms with E-state index in [4.69, 9.17) is 0 Å². The Hall–Kier alpha value is -3.59. The Kier molecular flexibility index (Phi) is 5.77. The van der Waals surface area contributed by atoms with E-state index in [9.17, 15) is 18.0 Å². The Bertz CT molecular complexity index is 1170. The minimum atomic E-state index is -4.38. The van der Waals surface area contributed by atoms with Gasteiger partial charge in [0.2, 0.25) is 5.91 Å². The van der Waals surface area contributed by atoms with Crippen LogP contribution in [0.25, 0.3) is 22.0 Å². The Morgan fingerprint density at radius 3 is 2.26 bits per heavy atom. The summed E-state index contributed by atoms with van der Waals surface area (Å²) in [7, 11) is 0. The summed E-state index contributed by atoms with van der Waals surface area (Å²) in [6.45, 7) is 0. The zero-order chi connectivity index (χ0) is 21.8. The molecule has 0 fully saturated rings. The molecule has 0 saturated heterocycles. The summed E-state index contributed by atoms with van der Waals surface area (Å²) in [5, 5.41) is 4.98. The second-order valence-electron chi connectivity index (χ2n) is 6.61. The molecule has 2 heterocycles. The number of hydrogen-bond donors (Lipinski definition) is 1. The first kappa shape index (κ1) is 20.7. The van der Waals surface area contributed by atoms with Crippen molar-refractivity contribution in [3.8, 4) is 22.0 Å². The van der Waals surface area contributed by atoms with E-state index in [0.717, 1.165) is 17.7 Å². The second-order valence-corrected chi connectivity index (χ2v) is 7.46. The maximum atomic E-state index is 12.7. The van der Waals surface area contributed by atoms with Crippen LogP contribution in [-0.4, -0.2) is 20.9 Å². The summed E-state index contributed by atoms with van der Waals surface area (Å²) in [5.41, 5.74) is 1.71. The Balaban J connectivity index is 1.38. The third kappa shape index (κ3) is 5.13. The lowest BCUT2D eigenvalue weighted by Crippen LogP contribution is -2.15. The van der Waals surface area contributed by atoms with Crippen molar-refractivity contribution in [1.29, 1.82) is 0 Å². The third-order valence-electron chi connectivity index (χ3n) is 4.32. The molecule has 0 atom stereocenters. The van der Waals surface area contributed by atoms with Gasteiger partial charge in [0, 0.05) is 16.5 Å². The molecule has 9 heteroatoms. The molecule has 1 N–H and O–H groups in total. The number of carbonyl (C=O) groups excluding carboxylic acids is 1. The SMILES string of the molecule is O=C(Cc1csc(-c2ccc(C(F)(F)F)cc2)n1)Nc1cnc(-c2ccccc2)nc1. The summed E-state index contributed by atoms with van der Waals surface area (Å²) in [5.74, 6) is 0.264. The minimum absolute atomic E-state index is 0.0254. The van der Waals surface area contributed by atoms with E-state index in [2.05, 4.69) is 20.3 Å². The van der Waals surface area contributed by atoms with E-state index in [1.54, 1.807) is 5.38 Å². The van der Waals surface area contributed by atoms with Crippen LogP contribution < -0.4 is 5.32 Å². The smallest absolute Gasteiger partial charge is 0.323 e. The number of nitrogens with one attached hydrogen (secondary N) is 1. The lowest BCUT2D eigenvalue weighted by Gasteiger charge is -2.06. The molecular formula is C22H15F3N4OS. The molecule has 0 aliphatic carbocycles. The number of alkyl halides is 3. The van der Waals surface area contributed by atoms with Gasteiger partial charge >= 0.3 is 6.18 Å². The van der Waals surface area contributed by atoms with Gasteiger partial charge < -0.3 is 5.32 Å². The summed E-state index contributed by atoms with van der Waals surface area (Å²) in [6.07, 6.45) is -1.30. The molecule has 4 aromatic rings. The van der Waals surface area contributed by atoms with Crippen LogP contribution in [0.5, 0.6) is 0 Å². The Morgan fingerprint density at radius 1 is 0.935 bits per heavy atom. The Morgan fingerprint density at radius 2 is 1.61 bits per heavy atom. The van der Waals surface area contributed by atoms with Crippen LogP contribution in [0.15, 0.2) is 72.4 Å². The fourth-order valence-electron chi connectivity index (χ4n) is 2.82. The van der Waals surface area contributed by atoms with Gasteiger partial charge in [-0.15, -0.1) is 11.3 Å².